The van der Waals surface area contributed by atoms with Crippen LogP contribution >= 0.6 is 0 Å². The summed E-state index contributed by atoms with van der Waals surface area (Å²) >= 11 is 0. The molecule has 0 heterocycles. The lowest BCUT2D eigenvalue weighted by molar-refractivity contribution is -0.0513. The van der Waals surface area contributed by atoms with Crippen molar-refractivity contribution in [1.82, 2.24) is 0 Å². The van der Waals surface area contributed by atoms with Crippen LogP contribution in [0, 0.1) is 11.8 Å². The van der Waals surface area contributed by atoms with Gasteiger partial charge in [-0.15, -0.1) is 6.58 Å². The molecule has 2 atom stereocenters. The molecule has 1 aliphatic rings. The highest BCUT2D eigenvalue weighted by molar-refractivity contribution is 4.92. The summed E-state index contributed by atoms with van der Waals surface area (Å²) in [5.41, 5.74) is -0.435. The third kappa shape index (κ3) is 3.35. The van der Waals surface area contributed by atoms with Gasteiger partial charge in [-0.25, -0.2) is 0 Å². The van der Waals surface area contributed by atoms with Crippen LogP contribution in [0.2, 0.25) is 0 Å². The van der Waals surface area contributed by atoms with Crippen LogP contribution in [0.15, 0.2) is 12.7 Å². The summed E-state index contributed by atoms with van der Waals surface area (Å²) in [5.74, 6) is 1.01. The molecule has 0 aromatic carbocycles. The number of allylic oxidation sites excluding steroid dienone is 1. The largest absolute Gasteiger partial charge is 0.390 e. The van der Waals surface area contributed by atoms with E-state index in [0.717, 1.165) is 19.3 Å². The number of rotatable bonds is 6. The summed E-state index contributed by atoms with van der Waals surface area (Å²) in [5, 5.41) is 10.8. The minimum Gasteiger partial charge on any atom is -0.390 e. The molecule has 94 valence electrons. The highest BCUT2D eigenvalue weighted by Crippen LogP contribution is 2.39. The van der Waals surface area contributed by atoms with Crippen LogP contribution in [-0.2, 0) is 0 Å². The fraction of sp³-hybridized carbons (Fsp3) is 0.867. The summed E-state index contributed by atoms with van der Waals surface area (Å²) in [6.07, 6.45) is 11.3. The first kappa shape index (κ1) is 13.8. The van der Waals surface area contributed by atoms with E-state index in [1.165, 1.54) is 32.1 Å². The first-order valence-corrected chi connectivity index (χ1v) is 7.01. The lowest BCUT2D eigenvalue weighted by Crippen LogP contribution is -2.40. The number of hydrogen-bond donors (Lipinski definition) is 1. The molecular weight excluding hydrogens is 196 g/mol. The maximum absolute atomic E-state index is 10.8. The summed E-state index contributed by atoms with van der Waals surface area (Å²) in [6.45, 7) is 8.20. The van der Waals surface area contributed by atoms with Gasteiger partial charge in [-0.05, 0) is 43.9 Å². The molecule has 0 saturated heterocycles. The van der Waals surface area contributed by atoms with Gasteiger partial charge in [0, 0.05) is 0 Å². The Morgan fingerprint density at radius 1 is 1.31 bits per heavy atom. The quantitative estimate of drug-likeness (QED) is 0.667. The lowest BCUT2D eigenvalue weighted by atomic mass is 9.71. The fourth-order valence-electron chi connectivity index (χ4n) is 3.09. The summed E-state index contributed by atoms with van der Waals surface area (Å²) in [7, 11) is 0. The van der Waals surface area contributed by atoms with Crippen molar-refractivity contribution < 1.29 is 5.11 Å². The van der Waals surface area contributed by atoms with Crippen molar-refractivity contribution in [2.75, 3.05) is 0 Å². The van der Waals surface area contributed by atoms with E-state index >= 15 is 0 Å². The van der Waals surface area contributed by atoms with E-state index in [4.69, 9.17) is 0 Å². The standard InChI is InChI=1S/C15H28O/c1-4-13(5-2)12-15(16,6-3)14-10-8-7-9-11-14/h4,13-14,16H,1,5-12H2,2-3H3/t13-,15?/m1/s1. The zero-order valence-corrected chi connectivity index (χ0v) is 11.0. The molecule has 0 amide bonds. The second-order valence-electron chi connectivity index (χ2n) is 5.40. The first-order valence-electron chi connectivity index (χ1n) is 7.01. The molecule has 0 aromatic rings. The second kappa shape index (κ2) is 6.44. The fourth-order valence-corrected chi connectivity index (χ4v) is 3.09. The highest BCUT2D eigenvalue weighted by Gasteiger charge is 2.36. The van der Waals surface area contributed by atoms with Crippen LogP contribution in [0.1, 0.15) is 65.2 Å². The van der Waals surface area contributed by atoms with E-state index < -0.39 is 5.60 Å². The predicted molar refractivity (Wildman–Crippen MR) is 70.4 cm³/mol. The van der Waals surface area contributed by atoms with Gasteiger partial charge in [-0.3, -0.25) is 0 Å². The Bertz CT molecular complexity index is 205. The Labute approximate surface area is 101 Å². The van der Waals surface area contributed by atoms with Gasteiger partial charge >= 0.3 is 0 Å². The molecule has 0 spiro atoms. The monoisotopic (exact) mass is 224 g/mol. The molecule has 1 nitrogen and oxygen atoms in total. The molecule has 1 heteroatoms. The molecule has 1 saturated carbocycles. The molecule has 1 N–H and O–H groups in total. The average molecular weight is 224 g/mol. The average Bonchev–Trinajstić information content (AvgIpc) is 2.36. The normalized spacial score (nSPS) is 23.7. The van der Waals surface area contributed by atoms with E-state index in [0.29, 0.717) is 11.8 Å². The number of hydrogen-bond acceptors (Lipinski definition) is 1. The van der Waals surface area contributed by atoms with E-state index in [-0.39, 0.29) is 0 Å². The predicted octanol–water partition coefficient (Wildman–Crippen LogP) is 4.31. The third-order valence-electron chi connectivity index (χ3n) is 4.45. The van der Waals surface area contributed by atoms with Crippen molar-refractivity contribution in [2.45, 2.75) is 70.8 Å². The SMILES string of the molecule is C=C[C@H](CC)CC(O)(CC)C1CCCCC1. The van der Waals surface area contributed by atoms with Gasteiger partial charge < -0.3 is 5.11 Å². The third-order valence-corrected chi connectivity index (χ3v) is 4.45. The topological polar surface area (TPSA) is 20.2 Å². The summed E-state index contributed by atoms with van der Waals surface area (Å²) < 4.78 is 0. The van der Waals surface area contributed by atoms with Gasteiger partial charge in [0.25, 0.3) is 0 Å². The molecule has 16 heavy (non-hydrogen) atoms. The molecule has 1 aliphatic carbocycles. The van der Waals surface area contributed by atoms with Crippen LogP contribution < -0.4 is 0 Å². The maximum atomic E-state index is 10.8. The minimum absolute atomic E-state index is 0.435. The molecule has 0 aromatic heterocycles. The number of aliphatic hydroxyl groups is 1. The molecule has 1 fully saturated rings. The van der Waals surface area contributed by atoms with E-state index in [9.17, 15) is 5.11 Å². The zero-order valence-electron chi connectivity index (χ0n) is 11.0. The van der Waals surface area contributed by atoms with Crippen LogP contribution in [0.4, 0.5) is 0 Å². The van der Waals surface area contributed by atoms with Gasteiger partial charge in [0.15, 0.2) is 0 Å². The molecule has 0 bridgehead atoms. The van der Waals surface area contributed by atoms with Gasteiger partial charge in [-0.1, -0.05) is 39.2 Å². The molecule has 1 unspecified atom stereocenters. The van der Waals surface area contributed by atoms with Crippen molar-refractivity contribution in [3.8, 4) is 0 Å². The van der Waals surface area contributed by atoms with Crippen LogP contribution in [-0.4, -0.2) is 10.7 Å². The Morgan fingerprint density at radius 3 is 2.38 bits per heavy atom. The maximum Gasteiger partial charge on any atom is 0.0678 e. The Hall–Kier alpha value is -0.300. The van der Waals surface area contributed by atoms with E-state index in [2.05, 4.69) is 20.4 Å². The molecule has 0 radical (unpaired) electrons. The van der Waals surface area contributed by atoms with Crippen molar-refractivity contribution >= 4 is 0 Å². The van der Waals surface area contributed by atoms with Gasteiger partial charge in [0.05, 0.1) is 5.60 Å². The molecule has 1 rings (SSSR count). The van der Waals surface area contributed by atoms with Crippen LogP contribution in [0.25, 0.3) is 0 Å². The van der Waals surface area contributed by atoms with Crippen LogP contribution in [0.3, 0.4) is 0 Å². The minimum atomic E-state index is -0.435. The van der Waals surface area contributed by atoms with E-state index in [1.54, 1.807) is 0 Å². The Morgan fingerprint density at radius 2 is 1.94 bits per heavy atom. The van der Waals surface area contributed by atoms with Gasteiger partial charge in [0.1, 0.15) is 0 Å². The van der Waals surface area contributed by atoms with Crippen LogP contribution in [0.5, 0.6) is 0 Å². The van der Waals surface area contributed by atoms with Crippen molar-refractivity contribution in [2.24, 2.45) is 11.8 Å². The second-order valence-corrected chi connectivity index (χ2v) is 5.40. The van der Waals surface area contributed by atoms with Crippen molar-refractivity contribution in [3.63, 3.8) is 0 Å². The molecular formula is C15H28O. The van der Waals surface area contributed by atoms with Crippen molar-refractivity contribution in [3.05, 3.63) is 12.7 Å². The zero-order chi connectivity index (χ0) is 12.0. The van der Waals surface area contributed by atoms with Gasteiger partial charge in [-0.2, -0.15) is 0 Å². The van der Waals surface area contributed by atoms with Gasteiger partial charge in [0.2, 0.25) is 0 Å². The smallest absolute Gasteiger partial charge is 0.0678 e. The summed E-state index contributed by atoms with van der Waals surface area (Å²) in [4.78, 5) is 0. The molecule has 0 aliphatic heterocycles. The van der Waals surface area contributed by atoms with Crippen molar-refractivity contribution in [1.29, 1.82) is 0 Å². The Balaban J connectivity index is 2.62. The van der Waals surface area contributed by atoms with E-state index in [1.807, 2.05) is 6.08 Å². The first-order chi connectivity index (χ1) is 7.66. The lowest BCUT2D eigenvalue weighted by Gasteiger charge is -2.39. The Kier molecular flexibility index (Phi) is 5.54. The highest BCUT2D eigenvalue weighted by atomic mass is 16.3. The summed E-state index contributed by atoms with van der Waals surface area (Å²) in [6, 6.07) is 0.